The fraction of sp³-hybridized carbons (Fsp3) is 0.409. The van der Waals surface area contributed by atoms with Crippen LogP contribution < -0.4 is 4.90 Å². The topological polar surface area (TPSA) is 71.4 Å². The number of alkyl halides is 3. The number of phenols is 1. The fourth-order valence-electron chi connectivity index (χ4n) is 4.53. The first-order chi connectivity index (χ1) is 14.9. The molecule has 0 aliphatic carbocycles. The van der Waals surface area contributed by atoms with Crippen molar-refractivity contribution in [2.75, 3.05) is 31.2 Å². The second kappa shape index (κ2) is 7.33. The Balaban J connectivity index is 1.52. The van der Waals surface area contributed by atoms with Crippen molar-refractivity contribution in [2.45, 2.75) is 25.4 Å². The van der Waals surface area contributed by atoms with E-state index in [1.165, 1.54) is 6.07 Å². The van der Waals surface area contributed by atoms with Gasteiger partial charge in [-0.05, 0) is 55.0 Å². The quantitative estimate of drug-likeness (QED) is 0.649. The van der Waals surface area contributed by atoms with Crippen molar-refractivity contribution >= 4 is 16.7 Å². The monoisotopic (exact) mass is 430 g/mol. The Hall–Kier alpha value is -2.94. The van der Waals surface area contributed by atoms with E-state index in [4.69, 9.17) is 4.74 Å². The molecule has 3 aromatic rings. The third-order valence-corrected chi connectivity index (χ3v) is 6.41. The van der Waals surface area contributed by atoms with Gasteiger partial charge in [0, 0.05) is 36.8 Å². The van der Waals surface area contributed by atoms with Gasteiger partial charge in [-0.2, -0.15) is 13.2 Å². The van der Waals surface area contributed by atoms with Crippen LogP contribution in [0.15, 0.2) is 36.5 Å². The van der Waals surface area contributed by atoms with E-state index in [0.29, 0.717) is 28.5 Å². The number of nitrogens with zero attached hydrogens (tertiary/aromatic N) is 4. The summed E-state index contributed by atoms with van der Waals surface area (Å²) in [6, 6.07) is 6.39. The van der Waals surface area contributed by atoms with Gasteiger partial charge >= 0.3 is 6.18 Å². The van der Waals surface area contributed by atoms with Crippen LogP contribution in [-0.2, 0) is 10.9 Å². The van der Waals surface area contributed by atoms with E-state index in [1.54, 1.807) is 18.3 Å². The largest absolute Gasteiger partial charge is 0.507 e. The molecule has 2 aliphatic rings. The van der Waals surface area contributed by atoms with Crippen molar-refractivity contribution < 1.29 is 23.0 Å². The second-order valence-corrected chi connectivity index (χ2v) is 8.29. The summed E-state index contributed by atoms with van der Waals surface area (Å²) in [6.07, 6.45) is 0.206. The van der Waals surface area contributed by atoms with Gasteiger partial charge in [-0.3, -0.25) is 4.98 Å². The molecule has 6 nitrogen and oxygen atoms in total. The molecule has 0 radical (unpaired) electrons. The average molecular weight is 430 g/mol. The Morgan fingerprint density at radius 3 is 2.55 bits per heavy atom. The molecule has 4 heterocycles. The zero-order chi connectivity index (χ0) is 21.6. The number of pyridine rings is 1. The van der Waals surface area contributed by atoms with Crippen LogP contribution in [0.2, 0.25) is 0 Å². The number of aromatic hydroxyl groups is 1. The van der Waals surface area contributed by atoms with Crippen molar-refractivity contribution in [1.29, 1.82) is 0 Å². The average Bonchev–Trinajstić information content (AvgIpc) is 3.21. The van der Waals surface area contributed by atoms with Gasteiger partial charge in [0.25, 0.3) is 0 Å². The lowest BCUT2D eigenvalue weighted by Gasteiger charge is -2.38. The molecule has 1 N–H and O–H groups in total. The Labute approximate surface area is 176 Å². The van der Waals surface area contributed by atoms with Gasteiger partial charge in [0.05, 0.1) is 12.2 Å². The summed E-state index contributed by atoms with van der Waals surface area (Å²) in [5, 5.41) is 19.6. The standard InChI is InChI=1S/C22H21F3N4O2/c23-22(24,25)14-3-4-15(17(30)12-14)18-16-2-1-8-26-19(16)20(28-27-18)29-9-5-21(6-10-29)7-11-31-13-21/h1-4,8,12,30H,5-7,9-11,13H2. The van der Waals surface area contributed by atoms with Crippen LogP contribution in [0, 0.1) is 5.41 Å². The van der Waals surface area contributed by atoms with Crippen molar-refractivity contribution in [3.8, 4) is 17.0 Å². The van der Waals surface area contributed by atoms with Crippen molar-refractivity contribution in [1.82, 2.24) is 15.2 Å². The number of aromatic nitrogens is 3. The fourth-order valence-corrected chi connectivity index (χ4v) is 4.53. The molecule has 2 saturated heterocycles. The lowest BCUT2D eigenvalue weighted by molar-refractivity contribution is -0.137. The summed E-state index contributed by atoms with van der Waals surface area (Å²) < 4.78 is 44.5. The molecule has 0 saturated carbocycles. The molecule has 9 heteroatoms. The molecular formula is C22H21F3N4O2. The zero-order valence-electron chi connectivity index (χ0n) is 16.7. The molecule has 0 unspecified atom stereocenters. The minimum Gasteiger partial charge on any atom is -0.507 e. The molecule has 31 heavy (non-hydrogen) atoms. The number of halogens is 3. The molecule has 2 aromatic heterocycles. The van der Waals surface area contributed by atoms with E-state index in [9.17, 15) is 18.3 Å². The Morgan fingerprint density at radius 1 is 1.06 bits per heavy atom. The third kappa shape index (κ3) is 3.56. The summed E-state index contributed by atoms with van der Waals surface area (Å²) in [5.74, 6) is 0.155. The van der Waals surface area contributed by atoms with E-state index >= 15 is 0 Å². The highest BCUT2D eigenvalue weighted by Gasteiger charge is 2.39. The van der Waals surface area contributed by atoms with Crippen LogP contribution in [0.25, 0.3) is 22.2 Å². The normalized spacial score (nSPS) is 18.7. The molecule has 5 rings (SSSR count). The van der Waals surface area contributed by atoms with Crippen LogP contribution in [0.1, 0.15) is 24.8 Å². The van der Waals surface area contributed by atoms with Gasteiger partial charge < -0.3 is 14.7 Å². The van der Waals surface area contributed by atoms with Crippen molar-refractivity contribution in [2.24, 2.45) is 5.41 Å². The maximum atomic E-state index is 13.0. The molecule has 1 spiro atoms. The Morgan fingerprint density at radius 2 is 1.87 bits per heavy atom. The zero-order valence-corrected chi connectivity index (χ0v) is 16.7. The third-order valence-electron chi connectivity index (χ3n) is 6.41. The molecule has 2 aliphatic heterocycles. The maximum Gasteiger partial charge on any atom is 0.416 e. The smallest absolute Gasteiger partial charge is 0.416 e. The molecule has 1 aromatic carbocycles. The first-order valence-corrected chi connectivity index (χ1v) is 10.2. The van der Waals surface area contributed by atoms with Gasteiger partial charge in [0.1, 0.15) is 17.0 Å². The second-order valence-electron chi connectivity index (χ2n) is 8.29. The predicted octanol–water partition coefficient (Wildman–Crippen LogP) is 4.42. The number of benzene rings is 1. The minimum atomic E-state index is -4.54. The summed E-state index contributed by atoms with van der Waals surface area (Å²) in [6.45, 7) is 3.25. The van der Waals surface area contributed by atoms with E-state index in [-0.39, 0.29) is 11.0 Å². The summed E-state index contributed by atoms with van der Waals surface area (Å²) >= 11 is 0. The predicted molar refractivity (Wildman–Crippen MR) is 109 cm³/mol. The molecule has 2 fully saturated rings. The lowest BCUT2D eigenvalue weighted by atomic mass is 9.78. The van der Waals surface area contributed by atoms with Crippen LogP contribution in [0.5, 0.6) is 5.75 Å². The summed E-state index contributed by atoms with van der Waals surface area (Å²) in [7, 11) is 0. The highest BCUT2D eigenvalue weighted by atomic mass is 19.4. The summed E-state index contributed by atoms with van der Waals surface area (Å²) in [4.78, 5) is 6.64. The molecule has 162 valence electrons. The number of hydrogen-bond donors (Lipinski definition) is 1. The van der Waals surface area contributed by atoms with Crippen LogP contribution >= 0.6 is 0 Å². The molecule has 0 bridgehead atoms. The SMILES string of the molecule is Oc1cc(C(F)(F)F)ccc1-c1nnc(N2CCC3(CCOC3)CC2)c2ncccc12. The van der Waals surface area contributed by atoms with Crippen LogP contribution in [-0.4, -0.2) is 46.6 Å². The molecule has 0 atom stereocenters. The van der Waals surface area contributed by atoms with E-state index in [2.05, 4.69) is 20.1 Å². The first-order valence-electron chi connectivity index (χ1n) is 10.2. The van der Waals surface area contributed by atoms with Crippen LogP contribution in [0.4, 0.5) is 19.0 Å². The van der Waals surface area contributed by atoms with Crippen molar-refractivity contribution in [3.63, 3.8) is 0 Å². The first kappa shape index (κ1) is 20.0. The number of anilines is 1. The number of rotatable bonds is 2. The van der Waals surface area contributed by atoms with Gasteiger partial charge in [-0.1, -0.05) is 0 Å². The molecular weight excluding hydrogens is 409 g/mol. The van der Waals surface area contributed by atoms with E-state index in [0.717, 1.165) is 51.6 Å². The number of phenolic OH excluding ortho intramolecular Hbond substituents is 1. The minimum absolute atomic E-state index is 0.186. The number of ether oxygens (including phenoxy) is 1. The van der Waals surface area contributed by atoms with Crippen molar-refractivity contribution in [3.05, 3.63) is 42.1 Å². The Kier molecular flexibility index (Phi) is 4.73. The van der Waals surface area contributed by atoms with Gasteiger partial charge in [-0.25, -0.2) is 0 Å². The van der Waals surface area contributed by atoms with Gasteiger partial charge in [0.15, 0.2) is 5.82 Å². The maximum absolute atomic E-state index is 13.0. The number of piperidine rings is 1. The highest BCUT2D eigenvalue weighted by molar-refractivity contribution is 5.98. The van der Waals surface area contributed by atoms with Gasteiger partial charge in [-0.15, -0.1) is 10.2 Å². The van der Waals surface area contributed by atoms with E-state index < -0.39 is 17.5 Å². The highest BCUT2D eigenvalue weighted by Crippen LogP contribution is 2.42. The van der Waals surface area contributed by atoms with Gasteiger partial charge in [0.2, 0.25) is 0 Å². The van der Waals surface area contributed by atoms with E-state index in [1.807, 2.05) is 0 Å². The number of fused-ring (bicyclic) bond motifs is 1. The summed E-state index contributed by atoms with van der Waals surface area (Å²) in [5.41, 5.74) is 0.435. The Bertz CT molecular complexity index is 1120. The number of hydrogen-bond acceptors (Lipinski definition) is 6. The van der Waals surface area contributed by atoms with Crippen LogP contribution in [0.3, 0.4) is 0 Å². The lowest BCUT2D eigenvalue weighted by Crippen LogP contribution is -2.41. The molecule has 0 amide bonds.